The van der Waals surface area contributed by atoms with Gasteiger partial charge >= 0.3 is 0 Å². The van der Waals surface area contributed by atoms with Crippen molar-refractivity contribution < 1.29 is 4.79 Å². The van der Waals surface area contributed by atoms with E-state index in [-0.39, 0.29) is 11.9 Å². The smallest absolute Gasteiger partial charge is 0.254 e. The van der Waals surface area contributed by atoms with Crippen molar-refractivity contribution in [2.45, 2.75) is 39.2 Å². The van der Waals surface area contributed by atoms with Crippen LogP contribution >= 0.6 is 0 Å². The molecule has 1 aromatic rings. The summed E-state index contributed by atoms with van der Waals surface area (Å²) in [7, 11) is 0. The van der Waals surface area contributed by atoms with E-state index in [2.05, 4.69) is 25.2 Å². The number of hydrogen-bond acceptors (Lipinski definition) is 2. The Morgan fingerprint density at radius 2 is 2.21 bits per heavy atom. The molecule has 0 radical (unpaired) electrons. The largest absolute Gasteiger partial charge is 0.384 e. The van der Waals surface area contributed by atoms with Gasteiger partial charge < -0.3 is 10.2 Å². The minimum absolute atomic E-state index is 0.191. The molecule has 19 heavy (non-hydrogen) atoms. The van der Waals surface area contributed by atoms with Gasteiger partial charge in [-0.05, 0) is 62.8 Å². The van der Waals surface area contributed by atoms with Gasteiger partial charge in [-0.3, -0.25) is 4.79 Å². The second kappa shape index (κ2) is 4.87. The van der Waals surface area contributed by atoms with E-state index in [0.29, 0.717) is 0 Å². The lowest BCUT2D eigenvalue weighted by atomic mass is 10.1. The third kappa shape index (κ3) is 2.60. The Kier molecular flexibility index (Phi) is 3.21. The van der Waals surface area contributed by atoms with Crippen molar-refractivity contribution in [3.8, 4) is 0 Å². The Morgan fingerprint density at radius 1 is 1.42 bits per heavy atom. The monoisotopic (exact) mass is 258 g/mol. The molecule has 1 amide bonds. The van der Waals surface area contributed by atoms with Crippen LogP contribution in [0.4, 0.5) is 5.69 Å². The third-order valence-corrected chi connectivity index (χ3v) is 4.10. The first kappa shape index (κ1) is 12.5. The lowest BCUT2D eigenvalue weighted by molar-refractivity contribution is 0.0696. The summed E-state index contributed by atoms with van der Waals surface area (Å²) < 4.78 is 0. The maximum absolute atomic E-state index is 12.7. The number of nitrogens with zero attached hydrogens (tertiary/aromatic N) is 1. The summed E-state index contributed by atoms with van der Waals surface area (Å²) >= 11 is 0. The molecule has 1 N–H and O–H groups in total. The summed E-state index contributed by atoms with van der Waals surface area (Å²) in [6.07, 6.45) is 3.59. The molecule has 1 heterocycles. The van der Waals surface area contributed by atoms with Crippen LogP contribution in [0.2, 0.25) is 0 Å². The number of nitrogens with one attached hydrogen (secondary N) is 1. The number of fused-ring (bicyclic) bond motifs is 1. The molecule has 0 unspecified atom stereocenters. The normalized spacial score (nSPS) is 17.2. The summed E-state index contributed by atoms with van der Waals surface area (Å²) in [5.41, 5.74) is 3.31. The molecule has 0 saturated heterocycles. The van der Waals surface area contributed by atoms with Gasteiger partial charge in [0.1, 0.15) is 0 Å². The van der Waals surface area contributed by atoms with Crippen LogP contribution in [0.5, 0.6) is 0 Å². The number of hydrogen-bond donors (Lipinski definition) is 1. The van der Waals surface area contributed by atoms with E-state index >= 15 is 0 Å². The van der Waals surface area contributed by atoms with Crippen molar-refractivity contribution in [3.63, 3.8) is 0 Å². The number of carbonyl (C=O) groups is 1. The third-order valence-electron chi connectivity index (χ3n) is 4.10. The van der Waals surface area contributed by atoms with Gasteiger partial charge in [-0.25, -0.2) is 0 Å². The molecule has 1 saturated carbocycles. The van der Waals surface area contributed by atoms with E-state index in [1.54, 1.807) is 0 Å². The van der Waals surface area contributed by atoms with Crippen LogP contribution in [0.1, 0.15) is 42.6 Å². The Hall–Kier alpha value is -1.51. The molecule has 102 valence electrons. The van der Waals surface area contributed by atoms with Gasteiger partial charge in [0.25, 0.3) is 5.91 Å². The molecule has 3 rings (SSSR count). The van der Waals surface area contributed by atoms with Crippen molar-refractivity contribution in [1.82, 2.24) is 4.90 Å². The summed E-state index contributed by atoms with van der Waals surface area (Å²) in [5, 5.41) is 3.34. The van der Waals surface area contributed by atoms with Crippen LogP contribution in [0.15, 0.2) is 18.2 Å². The maximum Gasteiger partial charge on any atom is 0.254 e. The van der Waals surface area contributed by atoms with Gasteiger partial charge in [0.15, 0.2) is 0 Å². The van der Waals surface area contributed by atoms with Crippen molar-refractivity contribution in [1.29, 1.82) is 0 Å². The minimum atomic E-state index is 0.191. The van der Waals surface area contributed by atoms with E-state index in [9.17, 15) is 4.79 Å². The molecule has 3 nitrogen and oxygen atoms in total. The Balaban J connectivity index is 1.80. The van der Waals surface area contributed by atoms with Crippen LogP contribution < -0.4 is 5.32 Å². The zero-order valence-electron chi connectivity index (χ0n) is 11.8. The molecule has 2 aliphatic rings. The topological polar surface area (TPSA) is 32.3 Å². The zero-order valence-corrected chi connectivity index (χ0v) is 11.8. The fraction of sp³-hybridized carbons (Fsp3) is 0.562. The first-order valence-corrected chi connectivity index (χ1v) is 7.33. The standard InChI is InChI=1S/C16H22N2O/c1-11(2)18(10-12-3-4-12)16(19)14-5-6-15-13(9-14)7-8-17-15/h5-6,9,11-12,17H,3-4,7-8,10H2,1-2H3. The number of amides is 1. The van der Waals surface area contributed by atoms with E-state index in [4.69, 9.17) is 0 Å². The summed E-state index contributed by atoms with van der Waals surface area (Å²) in [6, 6.07) is 6.35. The highest BCUT2D eigenvalue weighted by Crippen LogP contribution is 2.31. The van der Waals surface area contributed by atoms with Gasteiger partial charge in [0.2, 0.25) is 0 Å². The molecule has 0 aromatic heterocycles. The predicted octanol–water partition coefficient (Wildman–Crippen LogP) is 2.92. The van der Waals surface area contributed by atoms with Crippen LogP contribution in [-0.4, -0.2) is 29.9 Å². The Labute approximate surface area is 115 Å². The van der Waals surface area contributed by atoms with E-state index in [0.717, 1.165) is 31.0 Å². The Bertz CT molecular complexity index is 492. The average molecular weight is 258 g/mol. The van der Waals surface area contributed by atoms with Gasteiger partial charge in [0.05, 0.1) is 0 Å². The molecular weight excluding hydrogens is 236 g/mol. The van der Waals surface area contributed by atoms with Gasteiger partial charge in [-0.1, -0.05) is 0 Å². The summed E-state index contributed by atoms with van der Waals surface area (Å²) in [4.78, 5) is 14.7. The lowest BCUT2D eigenvalue weighted by Gasteiger charge is -2.27. The highest BCUT2D eigenvalue weighted by molar-refractivity contribution is 5.95. The number of anilines is 1. The zero-order chi connectivity index (χ0) is 13.4. The molecule has 3 heteroatoms. The maximum atomic E-state index is 12.7. The molecule has 1 aliphatic heterocycles. The molecule has 1 fully saturated rings. The highest BCUT2D eigenvalue weighted by Gasteiger charge is 2.29. The number of benzene rings is 1. The number of carbonyl (C=O) groups excluding carboxylic acids is 1. The summed E-state index contributed by atoms with van der Waals surface area (Å²) in [5.74, 6) is 0.930. The molecule has 0 spiro atoms. The minimum Gasteiger partial charge on any atom is -0.384 e. The van der Waals surface area contributed by atoms with E-state index in [1.165, 1.54) is 24.1 Å². The average Bonchev–Trinajstić information content (AvgIpc) is 3.09. The van der Waals surface area contributed by atoms with Crippen LogP contribution in [0, 0.1) is 5.92 Å². The fourth-order valence-electron chi connectivity index (χ4n) is 2.71. The second-order valence-corrected chi connectivity index (χ2v) is 6.04. The van der Waals surface area contributed by atoms with Crippen molar-refractivity contribution >= 4 is 11.6 Å². The molecular formula is C16H22N2O. The first-order valence-electron chi connectivity index (χ1n) is 7.33. The van der Waals surface area contributed by atoms with Crippen LogP contribution in [-0.2, 0) is 6.42 Å². The second-order valence-electron chi connectivity index (χ2n) is 6.04. The van der Waals surface area contributed by atoms with Gasteiger partial charge in [-0.2, -0.15) is 0 Å². The quantitative estimate of drug-likeness (QED) is 0.900. The van der Waals surface area contributed by atoms with Crippen LogP contribution in [0.3, 0.4) is 0 Å². The predicted molar refractivity (Wildman–Crippen MR) is 77.5 cm³/mol. The highest BCUT2D eigenvalue weighted by atomic mass is 16.2. The number of rotatable bonds is 4. The summed E-state index contributed by atoms with van der Waals surface area (Å²) in [6.45, 7) is 6.12. The molecule has 0 bridgehead atoms. The van der Waals surface area contributed by atoms with Crippen molar-refractivity contribution in [2.75, 3.05) is 18.4 Å². The van der Waals surface area contributed by atoms with Gasteiger partial charge in [-0.15, -0.1) is 0 Å². The molecule has 1 aromatic carbocycles. The Morgan fingerprint density at radius 3 is 2.89 bits per heavy atom. The van der Waals surface area contributed by atoms with Gasteiger partial charge in [0, 0.05) is 30.4 Å². The van der Waals surface area contributed by atoms with Crippen LogP contribution in [0.25, 0.3) is 0 Å². The van der Waals surface area contributed by atoms with Crippen molar-refractivity contribution in [2.24, 2.45) is 5.92 Å². The SMILES string of the molecule is CC(C)N(CC1CC1)C(=O)c1ccc2c(c1)CCN2. The first-order chi connectivity index (χ1) is 9.15. The molecule has 0 atom stereocenters. The lowest BCUT2D eigenvalue weighted by Crippen LogP contribution is -2.38. The van der Waals surface area contributed by atoms with Crippen molar-refractivity contribution in [3.05, 3.63) is 29.3 Å². The fourth-order valence-corrected chi connectivity index (χ4v) is 2.71. The van der Waals surface area contributed by atoms with E-state index < -0.39 is 0 Å². The van der Waals surface area contributed by atoms with E-state index in [1.807, 2.05) is 17.0 Å². The molecule has 1 aliphatic carbocycles.